The van der Waals surface area contributed by atoms with Gasteiger partial charge in [0.15, 0.2) is 5.96 Å². The number of hydrogen-bond acceptors (Lipinski definition) is 2. The van der Waals surface area contributed by atoms with Crippen LogP contribution in [-0.4, -0.2) is 41.3 Å². The Hall–Kier alpha value is -2.01. The molecule has 1 N–H and O–H groups in total. The predicted molar refractivity (Wildman–Crippen MR) is 98.4 cm³/mol. The first kappa shape index (κ1) is 16.8. The van der Waals surface area contributed by atoms with Crippen LogP contribution in [0.4, 0.5) is 0 Å². The lowest BCUT2D eigenvalue weighted by Crippen LogP contribution is -2.42. The number of benzene rings is 1. The Morgan fingerprint density at radius 1 is 1.46 bits per heavy atom. The second kappa shape index (κ2) is 6.85. The molecule has 0 unspecified atom stereocenters. The highest BCUT2D eigenvalue weighted by Gasteiger charge is 2.44. The number of nitrogens with one attached hydrogen (secondary N) is 1. The minimum absolute atomic E-state index is 0.190. The van der Waals surface area contributed by atoms with Gasteiger partial charge in [-0.2, -0.15) is 5.10 Å². The number of nitrogens with zero attached hydrogens (tertiary/aromatic N) is 4. The van der Waals surface area contributed by atoms with Gasteiger partial charge in [0.25, 0.3) is 0 Å². The van der Waals surface area contributed by atoms with Crippen LogP contribution in [-0.2, 0) is 19.0 Å². The molecule has 2 aromatic rings. The molecule has 0 atom stereocenters. The summed E-state index contributed by atoms with van der Waals surface area (Å²) < 4.78 is 1.82. The third-order valence-corrected chi connectivity index (χ3v) is 4.86. The fourth-order valence-corrected chi connectivity index (χ4v) is 3.26. The lowest BCUT2D eigenvalue weighted by molar-refractivity contribution is 0.470. The maximum absolute atomic E-state index is 6.15. The Kier molecular flexibility index (Phi) is 4.81. The van der Waals surface area contributed by atoms with Crippen molar-refractivity contribution in [2.24, 2.45) is 12.0 Å². The Labute approximate surface area is 148 Å². The van der Waals surface area contributed by atoms with E-state index in [4.69, 9.17) is 11.6 Å². The molecule has 0 saturated heterocycles. The van der Waals surface area contributed by atoms with Crippen LogP contribution in [0.1, 0.15) is 24.0 Å². The average molecular weight is 346 g/mol. The van der Waals surface area contributed by atoms with Crippen LogP contribution in [0.5, 0.6) is 0 Å². The van der Waals surface area contributed by atoms with E-state index in [1.807, 2.05) is 50.4 Å². The van der Waals surface area contributed by atoms with Gasteiger partial charge in [0.05, 0.1) is 6.20 Å². The zero-order chi connectivity index (χ0) is 17.2. The summed E-state index contributed by atoms with van der Waals surface area (Å²) >= 11 is 6.15. The van der Waals surface area contributed by atoms with E-state index in [2.05, 4.69) is 32.4 Å². The number of halogens is 1. The van der Waals surface area contributed by atoms with Crippen LogP contribution in [0.3, 0.4) is 0 Å². The summed E-state index contributed by atoms with van der Waals surface area (Å²) in [6, 6.07) is 8.21. The van der Waals surface area contributed by atoms with E-state index in [0.717, 1.165) is 24.1 Å². The summed E-state index contributed by atoms with van der Waals surface area (Å²) in [5, 5.41) is 8.54. The van der Waals surface area contributed by atoms with Gasteiger partial charge in [-0.15, -0.1) is 0 Å². The number of hydrogen-bond donors (Lipinski definition) is 1. The molecule has 3 rings (SSSR count). The van der Waals surface area contributed by atoms with Crippen molar-refractivity contribution < 1.29 is 0 Å². The molecule has 0 amide bonds. The number of aliphatic imine (C=N–C) groups is 1. The van der Waals surface area contributed by atoms with Gasteiger partial charge in [0.1, 0.15) is 0 Å². The summed E-state index contributed by atoms with van der Waals surface area (Å²) in [5.74, 6) is 0.896. The van der Waals surface area contributed by atoms with Crippen molar-refractivity contribution in [3.8, 4) is 0 Å². The molecule has 1 aromatic heterocycles. The van der Waals surface area contributed by atoms with Crippen LogP contribution < -0.4 is 5.32 Å². The second-order valence-corrected chi connectivity index (χ2v) is 7.01. The van der Waals surface area contributed by atoms with Crippen LogP contribution in [0.2, 0.25) is 5.02 Å². The molecular formula is C18H24ClN5. The van der Waals surface area contributed by atoms with E-state index < -0.39 is 0 Å². The summed E-state index contributed by atoms with van der Waals surface area (Å²) in [5.41, 5.74) is 2.67. The van der Waals surface area contributed by atoms with Crippen molar-refractivity contribution in [2.75, 3.05) is 20.6 Å². The fraction of sp³-hybridized carbons (Fsp3) is 0.444. The topological polar surface area (TPSA) is 45.5 Å². The van der Waals surface area contributed by atoms with Crippen molar-refractivity contribution in [2.45, 2.75) is 24.8 Å². The van der Waals surface area contributed by atoms with E-state index in [0.29, 0.717) is 0 Å². The first-order chi connectivity index (χ1) is 11.5. The molecule has 6 heteroatoms. The standard InChI is InChI=1S/C18H24ClN5/c1-20-17(23(2)11-14-10-22-24(3)12-14)21-13-18(7-8-18)15-5-4-6-16(19)9-15/h4-6,9-10,12H,7-8,11,13H2,1-3H3,(H,20,21). The third kappa shape index (κ3) is 3.73. The third-order valence-electron chi connectivity index (χ3n) is 4.63. The Bertz CT molecular complexity index is 733. The van der Waals surface area contributed by atoms with E-state index >= 15 is 0 Å². The number of rotatable bonds is 5. The Balaban J connectivity index is 1.62. The molecule has 1 saturated carbocycles. The van der Waals surface area contributed by atoms with Crippen LogP contribution in [0.25, 0.3) is 0 Å². The number of aryl methyl sites for hydroxylation is 1. The van der Waals surface area contributed by atoms with E-state index in [9.17, 15) is 0 Å². The summed E-state index contributed by atoms with van der Waals surface area (Å²) in [6.45, 7) is 1.65. The Morgan fingerprint density at radius 2 is 2.25 bits per heavy atom. The molecule has 0 radical (unpaired) electrons. The van der Waals surface area contributed by atoms with Crippen molar-refractivity contribution in [3.05, 3.63) is 52.8 Å². The minimum atomic E-state index is 0.190. The van der Waals surface area contributed by atoms with Gasteiger partial charge in [-0.25, -0.2) is 0 Å². The molecule has 128 valence electrons. The molecule has 1 aliphatic rings. The van der Waals surface area contributed by atoms with E-state index in [-0.39, 0.29) is 5.41 Å². The zero-order valence-corrected chi connectivity index (χ0v) is 15.2. The van der Waals surface area contributed by atoms with Crippen LogP contribution in [0.15, 0.2) is 41.7 Å². The zero-order valence-electron chi connectivity index (χ0n) is 14.5. The van der Waals surface area contributed by atoms with Gasteiger partial charge in [-0.1, -0.05) is 23.7 Å². The largest absolute Gasteiger partial charge is 0.355 e. The maximum atomic E-state index is 6.15. The van der Waals surface area contributed by atoms with Crippen molar-refractivity contribution in [1.29, 1.82) is 0 Å². The van der Waals surface area contributed by atoms with E-state index in [1.54, 1.807) is 0 Å². The van der Waals surface area contributed by atoms with Gasteiger partial charge in [0.2, 0.25) is 0 Å². The van der Waals surface area contributed by atoms with Crippen molar-refractivity contribution in [1.82, 2.24) is 20.0 Å². The molecule has 5 nitrogen and oxygen atoms in total. The van der Waals surface area contributed by atoms with Gasteiger partial charge in [0, 0.05) is 56.4 Å². The normalized spacial score (nSPS) is 16.1. The summed E-state index contributed by atoms with van der Waals surface area (Å²) in [4.78, 5) is 6.53. The monoisotopic (exact) mass is 345 g/mol. The highest BCUT2D eigenvalue weighted by atomic mass is 35.5. The molecule has 24 heavy (non-hydrogen) atoms. The minimum Gasteiger partial charge on any atom is -0.355 e. The molecule has 1 aliphatic carbocycles. The van der Waals surface area contributed by atoms with Gasteiger partial charge in [-0.05, 0) is 30.5 Å². The lowest BCUT2D eigenvalue weighted by atomic mass is 9.96. The lowest BCUT2D eigenvalue weighted by Gasteiger charge is -2.24. The van der Waals surface area contributed by atoms with Crippen molar-refractivity contribution in [3.63, 3.8) is 0 Å². The SMILES string of the molecule is CN=C(NCC1(c2cccc(Cl)c2)CC1)N(C)Cc1cnn(C)c1. The summed E-state index contributed by atoms with van der Waals surface area (Å²) in [6.07, 6.45) is 6.28. The quantitative estimate of drug-likeness (QED) is 0.669. The van der Waals surface area contributed by atoms with Gasteiger partial charge >= 0.3 is 0 Å². The summed E-state index contributed by atoms with van der Waals surface area (Å²) in [7, 11) is 5.79. The van der Waals surface area contributed by atoms with Crippen molar-refractivity contribution >= 4 is 17.6 Å². The Morgan fingerprint density at radius 3 is 2.83 bits per heavy atom. The molecule has 0 aliphatic heterocycles. The highest BCUT2D eigenvalue weighted by Crippen LogP contribution is 2.48. The smallest absolute Gasteiger partial charge is 0.193 e. The number of guanidine groups is 1. The molecule has 1 aromatic carbocycles. The molecule has 0 spiro atoms. The van der Waals surface area contributed by atoms with Gasteiger partial charge in [-0.3, -0.25) is 9.67 Å². The average Bonchev–Trinajstić information content (AvgIpc) is 3.24. The van der Waals surface area contributed by atoms with Gasteiger partial charge < -0.3 is 10.2 Å². The molecule has 0 bridgehead atoms. The first-order valence-electron chi connectivity index (χ1n) is 8.18. The van der Waals surface area contributed by atoms with Crippen LogP contribution >= 0.6 is 11.6 Å². The maximum Gasteiger partial charge on any atom is 0.193 e. The second-order valence-electron chi connectivity index (χ2n) is 6.57. The van der Waals surface area contributed by atoms with E-state index in [1.165, 1.54) is 24.0 Å². The first-order valence-corrected chi connectivity index (χ1v) is 8.55. The fourth-order valence-electron chi connectivity index (χ4n) is 3.07. The number of aromatic nitrogens is 2. The molecule has 1 fully saturated rings. The predicted octanol–water partition coefficient (Wildman–Crippen LogP) is 2.81. The molecule has 1 heterocycles. The highest BCUT2D eigenvalue weighted by molar-refractivity contribution is 6.30. The molecular weight excluding hydrogens is 322 g/mol. The van der Waals surface area contributed by atoms with Crippen LogP contribution in [0, 0.1) is 0 Å².